The molecule has 0 saturated carbocycles. The molecule has 2 unspecified atom stereocenters. The van der Waals surface area contributed by atoms with Gasteiger partial charge in [-0.15, -0.1) is 0 Å². The summed E-state index contributed by atoms with van der Waals surface area (Å²) in [6.07, 6.45) is 2.37. The van der Waals surface area contributed by atoms with E-state index in [1.54, 1.807) is 13.2 Å². The summed E-state index contributed by atoms with van der Waals surface area (Å²) in [6, 6.07) is 11.2. The third kappa shape index (κ3) is 5.01. The SMILES string of the molecule is COc1cccc(C(NC(=O)CCC2CCNC2)c2cc(F)ccc2OC)c1. The Labute approximate surface area is 165 Å². The van der Waals surface area contributed by atoms with Crippen molar-refractivity contribution in [3.05, 3.63) is 59.4 Å². The van der Waals surface area contributed by atoms with Gasteiger partial charge in [-0.05, 0) is 67.7 Å². The molecule has 1 saturated heterocycles. The molecule has 0 aliphatic carbocycles. The van der Waals surface area contributed by atoms with Gasteiger partial charge in [0.15, 0.2) is 0 Å². The molecule has 0 radical (unpaired) electrons. The van der Waals surface area contributed by atoms with Crippen molar-refractivity contribution < 1.29 is 18.7 Å². The summed E-state index contributed by atoms with van der Waals surface area (Å²) in [5, 5.41) is 6.38. The van der Waals surface area contributed by atoms with Crippen LogP contribution in [-0.4, -0.2) is 33.2 Å². The average molecular weight is 386 g/mol. The highest BCUT2D eigenvalue weighted by molar-refractivity contribution is 5.77. The third-order valence-corrected chi connectivity index (χ3v) is 5.18. The van der Waals surface area contributed by atoms with Crippen LogP contribution in [0.5, 0.6) is 11.5 Å². The summed E-state index contributed by atoms with van der Waals surface area (Å²) in [5.41, 5.74) is 1.38. The Hall–Kier alpha value is -2.60. The first-order valence-corrected chi connectivity index (χ1v) is 9.58. The Morgan fingerprint density at radius 2 is 2.11 bits per heavy atom. The molecule has 150 valence electrons. The zero-order chi connectivity index (χ0) is 19.9. The van der Waals surface area contributed by atoms with Crippen LogP contribution < -0.4 is 20.1 Å². The lowest BCUT2D eigenvalue weighted by Gasteiger charge is -2.23. The number of hydrogen-bond acceptors (Lipinski definition) is 4. The second kappa shape index (κ2) is 9.55. The molecular weight excluding hydrogens is 359 g/mol. The summed E-state index contributed by atoms with van der Waals surface area (Å²) in [4.78, 5) is 12.7. The van der Waals surface area contributed by atoms with Crippen molar-refractivity contribution in [2.24, 2.45) is 5.92 Å². The summed E-state index contributed by atoms with van der Waals surface area (Å²) in [7, 11) is 3.12. The number of carbonyl (C=O) groups is 1. The van der Waals surface area contributed by atoms with Crippen molar-refractivity contribution in [1.82, 2.24) is 10.6 Å². The molecule has 0 aromatic heterocycles. The number of methoxy groups -OCH3 is 2. The predicted molar refractivity (Wildman–Crippen MR) is 106 cm³/mol. The molecule has 3 rings (SSSR count). The highest BCUT2D eigenvalue weighted by Crippen LogP contribution is 2.32. The maximum Gasteiger partial charge on any atom is 0.220 e. The van der Waals surface area contributed by atoms with Crippen molar-refractivity contribution in [3.63, 3.8) is 0 Å². The maximum absolute atomic E-state index is 14.0. The molecular formula is C22H27FN2O3. The van der Waals surface area contributed by atoms with Crippen LogP contribution in [0.25, 0.3) is 0 Å². The van der Waals surface area contributed by atoms with Crippen molar-refractivity contribution in [1.29, 1.82) is 0 Å². The molecule has 2 aromatic carbocycles. The predicted octanol–water partition coefficient (Wildman–Crippen LogP) is 3.44. The fraction of sp³-hybridized carbons (Fsp3) is 0.409. The molecule has 1 heterocycles. The van der Waals surface area contributed by atoms with E-state index in [9.17, 15) is 9.18 Å². The number of ether oxygens (including phenoxy) is 2. The van der Waals surface area contributed by atoms with Crippen LogP contribution in [-0.2, 0) is 4.79 Å². The van der Waals surface area contributed by atoms with Gasteiger partial charge in [0.25, 0.3) is 0 Å². The van der Waals surface area contributed by atoms with Gasteiger partial charge in [0.2, 0.25) is 5.91 Å². The Bertz CT molecular complexity index is 806. The van der Waals surface area contributed by atoms with Gasteiger partial charge in [-0.2, -0.15) is 0 Å². The van der Waals surface area contributed by atoms with Crippen molar-refractivity contribution >= 4 is 5.91 Å². The highest BCUT2D eigenvalue weighted by atomic mass is 19.1. The van der Waals surface area contributed by atoms with E-state index >= 15 is 0 Å². The fourth-order valence-electron chi connectivity index (χ4n) is 3.62. The number of nitrogens with one attached hydrogen (secondary N) is 2. The normalized spacial score (nSPS) is 17.2. The number of halogens is 1. The van der Waals surface area contributed by atoms with Crippen LogP contribution in [0.15, 0.2) is 42.5 Å². The first-order chi connectivity index (χ1) is 13.6. The van der Waals surface area contributed by atoms with E-state index in [0.29, 0.717) is 29.4 Å². The molecule has 1 aliphatic rings. The summed E-state index contributed by atoms with van der Waals surface area (Å²) in [5.74, 6) is 1.28. The molecule has 5 nitrogen and oxygen atoms in total. The smallest absolute Gasteiger partial charge is 0.220 e. The lowest BCUT2D eigenvalue weighted by Crippen LogP contribution is -2.30. The maximum atomic E-state index is 14.0. The lowest BCUT2D eigenvalue weighted by atomic mass is 9.96. The van der Waals surface area contributed by atoms with Crippen molar-refractivity contribution in [2.45, 2.75) is 25.3 Å². The van der Waals surface area contributed by atoms with E-state index in [0.717, 1.165) is 31.5 Å². The van der Waals surface area contributed by atoms with E-state index < -0.39 is 6.04 Å². The average Bonchev–Trinajstić information content (AvgIpc) is 3.24. The second-order valence-corrected chi connectivity index (χ2v) is 7.06. The molecule has 0 bridgehead atoms. The second-order valence-electron chi connectivity index (χ2n) is 7.06. The minimum absolute atomic E-state index is 0.0639. The molecule has 2 aromatic rings. The summed E-state index contributed by atoms with van der Waals surface area (Å²) < 4.78 is 24.7. The monoisotopic (exact) mass is 386 g/mol. The van der Waals surface area contributed by atoms with E-state index in [4.69, 9.17) is 9.47 Å². The van der Waals surface area contributed by atoms with E-state index in [1.807, 2.05) is 24.3 Å². The van der Waals surface area contributed by atoms with Gasteiger partial charge in [0.05, 0.1) is 20.3 Å². The molecule has 2 atom stereocenters. The Balaban J connectivity index is 1.86. The summed E-state index contributed by atoms with van der Waals surface area (Å²) in [6.45, 7) is 1.98. The van der Waals surface area contributed by atoms with Gasteiger partial charge < -0.3 is 20.1 Å². The van der Waals surface area contributed by atoms with Crippen LogP contribution in [0, 0.1) is 11.7 Å². The van der Waals surface area contributed by atoms with E-state index in [2.05, 4.69) is 10.6 Å². The number of amides is 1. The number of benzene rings is 2. The fourth-order valence-corrected chi connectivity index (χ4v) is 3.62. The lowest BCUT2D eigenvalue weighted by molar-refractivity contribution is -0.121. The van der Waals surface area contributed by atoms with E-state index in [1.165, 1.54) is 19.2 Å². The van der Waals surface area contributed by atoms with Crippen LogP contribution in [0.3, 0.4) is 0 Å². The zero-order valence-corrected chi connectivity index (χ0v) is 16.3. The van der Waals surface area contributed by atoms with Crippen LogP contribution in [0.1, 0.15) is 36.4 Å². The van der Waals surface area contributed by atoms with Gasteiger partial charge >= 0.3 is 0 Å². The van der Waals surface area contributed by atoms with Gasteiger partial charge in [-0.1, -0.05) is 12.1 Å². The molecule has 6 heteroatoms. The molecule has 1 fully saturated rings. The number of carbonyl (C=O) groups excluding carboxylic acids is 1. The number of hydrogen-bond donors (Lipinski definition) is 2. The minimum atomic E-state index is -0.532. The van der Waals surface area contributed by atoms with Gasteiger partial charge in [0, 0.05) is 12.0 Å². The Morgan fingerprint density at radius 1 is 1.25 bits per heavy atom. The summed E-state index contributed by atoms with van der Waals surface area (Å²) >= 11 is 0. The standard InChI is InChI=1S/C22H27FN2O3/c1-27-18-5-3-4-16(12-18)22(19-13-17(23)7-8-20(19)28-2)25-21(26)9-6-15-10-11-24-14-15/h3-5,7-8,12-13,15,22,24H,6,9-11,14H2,1-2H3,(H,25,26). The van der Waals surface area contributed by atoms with Gasteiger partial charge in [0.1, 0.15) is 17.3 Å². The zero-order valence-electron chi connectivity index (χ0n) is 16.3. The molecule has 28 heavy (non-hydrogen) atoms. The van der Waals surface area contributed by atoms with E-state index in [-0.39, 0.29) is 11.7 Å². The molecule has 1 aliphatic heterocycles. The topological polar surface area (TPSA) is 59.6 Å². The Morgan fingerprint density at radius 3 is 2.82 bits per heavy atom. The van der Waals surface area contributed by atoms with Crippen molar-refractivity contribution in [2.75, 3.05) is 27.3 Å². The first kappa shape index (κ1) is 20.1. The minimum Gasteiger partial charge on any atom is -0.497 e. The van der Waals surface area contributed by atoms with Gasteiger partial charge in [-0.25, -0.2) is 4.39 Å². The van der Waals surface area contributed by atoms with Crippen molar-refractivity contribution in [3.8, 4) is 11.5 Å². The van der Waals surface area contributed by atoms with Crippen LogP contribution in [0.2, 0.25) is 0 Å². The number of rotatable bonds is 8. The van der Waals surface area contributed by atoms with Gasteiger partial charge in [-0.3, -0.25) is 4.79 Å². The third-order valence-electron chi connectivity index (χ3n) is 5.18. The van der Waals surface area contributed by atoms with Crippen LogP contribution >= 0.6 is 0 Å². The largest absolute Gasteiger partial charge is 0.497 e. The molecule has 0 spiro atoms. The molecule has 1 amide bonds. The van der Waals surface area contributed by atoms with Crippen LogP contribution in [0.4, 0.5) is 4.39 Å². The first-order valence-electron chi connectivity index (χ1n) is 9.58. The Kier molecular flexibility index (Phi) is 6.87. The quantitative estimate of drug-likeness (QED) is 0.730. The highest BCUT2D eigenvalue weighted by Gasteiger charge is 2.23. The molecule has 2 N–H and O–H groups in total.